The Morgan fingerprint density at radius 3 is 2.90 bits per heavy atom. The first-order chi connectivity index (χ1) is 4.74. The van der Waals surface area contributed by atoms with Gasteiger partial charge in [-0.15, -0.1) is 0 Å². The average molecular weight is 161 g/mol. The van der Waals surface area contributed by atoms with Crippen molar-refractivity contribution in [3.8, 4) is 0 Å². The number of β-amino-alcohol motifs (C(OH)–C–C–N with tert-alkyl or cyclic N) is 1. The summed E-state index contributed by atoms with van der Waals surface area (Å²) in [5.41, 5.74) is 0.177. The van der Waals surface area contributed by atoms with Gasteiger partial charge in [0.2, 0.25) is 5.65 Å². The first-order valence-corrected chi connectivity index (χ1v) is 4.88. The van der Waals surface area contributed by atoms with E-state index in [1.54, 1.807) is 4.90 Å². The van der Waals surface area contributed by atoms with E-state index in [4.69, 9.17) is 5.11 Å². The number of hydrogen-bond acceptors (Lipinski definition) is 2. The maximum atomic E-state index is 11.0. The van der Waals surface area contributed by atoms with Gasteiger partial charge in [0, 0.05) is 13.1 Å². The van der Waals surface area contributed by atoms with Crippen molar-refractivity contribution >= 4 is 14.2 Å². The van der Waals surface area contributed by atoms with Crippen LogP contribution in [-0.4, -0.2) is 41.5 Å². The quantitative estimate of drug-likeness (QED) is 0.568. The number of rotatable bonds is 1. The second-order valence-electron chi connectivity index (χ2n) is 2.44. The first kappa shape index (κ1) is 7.96. The van der Waals surface area contributed by atoms with Gasteiger partial charge in [-0.2, -0.15) is 0 Å². The van der Waals surface area contributed by atoms with Crippen LogP contribution in [0.2, 0.25) is 0 Å². The maximum Gasteiger partial charge on any atom is 0.240 e. The van der Waals surface area contributed by atoms with Gasteiger partial charge in [0.25, 0.3) is 0 Å². The van der Waals surface area contributed by atoms with Crippen LogP contribution in [0.3, 0.4) is 0 Å². The molecule has 1 rings (SSSR count). The molecule has 58 valence electrons. The van der Waals surface area contributed by atoms with Crippen molar-refractivity contribution in [2.75, 3.05) is 19.8 Å². The van der Waals surface area contributed by atoms with E-state index in [-0.39, 0.29) is 11.8 Å². The Kier molecular flexibility index (Phi) is 2.64. The minimum Gasteiger partial charge on any atom is -0.391 e. The molecule has 2 unspecified atom stereocenters. The fourth-order valence-corrected chi connectivity index (χ4v) is 1.60. The normalized spacial score (nSPS) is 26.6. The highest BCUT2D eigenvalue weighted by atomic mass is 31.1. The molecule has 1 amide bonds. The Hall–Kier alpha value is -0.140. The number of aliphatic hydroxyl groups is 1. The molecule has 1 fully saturated rings. The van der Waals surface area contributed by atoms with Crippen LogP contribution < -0.4 is 0 Å². The van der Waals surface area contributed by atoms with Gasteiger partial charge in [-0.3, -0.25) is 4.79 Å². The Balaban J connectivity index is 2.37. The summed E-state index contributed by atoms with van der Waals surface area (Å²) in [7, 11) is 0.331. The minimum absolute atomic E-state index is 0.177. The summed E-state index contributed by atoms with van der Waals surface area (Å²) in [6.45, 7) is 3.15. The molecule has 0 aromatic rings. The molecular formula is C6H12NO2P. The zero-order valence-corrected chi connectivity index (χ0v) is 7.00. The van der Waals surface area contributed by atoms with Crippen molar-refractivity contribution in [1.82, 2.24) is 4.90 Å². The molecule has 2 atom stereocenters. The predicted molar refractivity (Wildman–Crippen MR) is 41.8 cm³/mol. The standard InChI is InChI=1S/C6H12NO2P/c1-10-6(9)7-3-2-5(8)4-7/h5,8,10H,2-4H2,1H3. The number of carbonyl (C=O) groups is 1. The summed E-state index contributed by atoms with van der Waals surface area (Å²) < 4.78 is 0. The van der Waals surface area contributed by atoms with E-state index in [1.807, 2.05) is 6.66 Å². The fraction of sp³-hybridized carbons (Fsp3) is 0.833. The van der Waals surface area contributed by atoms with Crippen molar-refractivity contribution < 1.29 is 9.90 Å². The highest BCUT2D eigenvalue weighted by Gasteiger charge is 2.22. The van der Waals surface area contributed by atoms with Gasteiger partial charge >= 0.3 is 0 Å². The first-order valence-electron chi connectivity index (χ1n) is 3.38. The van der Waals surface area contributed by atoms with Crippen LogP contribution in [0.25, 0.3) is 0 Å². The van der Waals surface area contributed by atoms with Gasteiger partial charge in [-0.1, -0.05) is 0 Å². The smallest absolute Gasteiger partial charge is 0.240 e. The van der Waals surface area contributed by atoms with E-state index in [9.17, 15) is 4.79 Å². The highest BCUT2D eigenvalue weighted by Crippen LogP contribution is 2.17. The lowest BCUT2D eigenvalue weighted by molar-refractivity contribution is 0.179. The minimum atomic E-state index is -0.278. The number of aliphatic hydroxyl groups excluding tert-OH is 1. The molecule has 0 aromatic heterocycles. The summed E-state index contributed by atoms with van der Waals surface area (Å²) in [5.74, 6) is 0. The van der Waals surface area contributed by atoms with Crippen LogP contribution in [0, 0.1) is 0 Å². The average Bonchev–Trinajstić information content (AvgIpc) is 2.34. The van der Waals surface area contributed by atoms with Crippen molar-refractivity contribution in [2.24, 2.45) is 0 Å². The van der Waals surface area contributed by atoms with Crippen LogP contribution in [-0.2, 0) is 0 Å². The van der Waals surface area contributed by atoms with Gasteiger partial charge < -0.3 is 10.0 Å². The maximum absolute atomic E-state index is 11.0. The third-order valence-corrected chi connectivity index (χ3v) is 2.41. The number of likely N-dealkylation sites (tertiary alicyclic amines) is 1. The van der Waals surface area contributed by atoms with Crippen LogP contribution in [0.15, 0.2) is 0 Å². The van der Waals surface area contributed by atoms with Gasteiger partial charge in [-0.25, -0.2) is 0 Å². The Labute approximate surface area is 62.2 Å². The highest BCUT2D eigenvalue weighted by molar-refractivity contribution is 7.56. The number of nitrogens with zero attached hydrogens (tertiary/aromatic N) is 1. The summed E-state index contributed by atoms with van der Waals surface area (Å²) in [5, 5.41) is 9.05. The Morgan fingerprint density at radius 2 is 2.50 bits per heavy atom. The van der Waals surface area contributed by atoms with Crippen LogP contribution in [0.4, 0.5) is 4.79 Å². The van der Waals surface area contributed by atoms with E-state index < -0.39 is 0 Å². The van der Waals surface area contributed by atoms with Gasteiger partial charge in [0.1, 0.15) is 0 Å². The molecular weight excluding hydrogens is 149 g/mol. The Bertz CT molecular complexity index is 140. The SMILES string of the molecule is CPC(=O)N1CCC(O)C1. The van der Waals surface area contributed by atoms with Crippen LogP contribution in [0.1, 0.15) is 6.42 Å². The molecule has 0 aliphatic carbocycles. The molecule has 3 nitrogen and oxygen atoms in total. The van der Waals surface area contributed by atoms with E-state index in [2.05, 4.69) is 0 Å². The summed E-state index contributed by atoms with van der Waals surface area (Å²) in [6, 6.07) is 0. The van der Waals surface area contributed by atoms with E-state index in [0.717, 1.165) is 13.0 Å². The molecule has 0 saturated carbocycles. The fourth-order valence-electron chi connectivity index (χ4n) is 1.08. The zero-order valence-electron chi connectivity index (χ0n) is 6.00. The third-order valence-electron chi connectivity index (χ3n) is 1.66. The molecule has 1 heterocycles. The topological polar surface area (TPSA) is 40.5 Å². The molecule has 0 radical (unpaired) electrons. The number of hydrogen-bond donors (Lipinski definition) is 1. The largest absolute Gasteiger partial charge is 0.391 e. The summed E-state index contributed by atoms with van der Waals surface area (Å²) >= 11 is 0. The lowest BCUT2D eigenvalue weighted by Crippen LogP contribution is -2.24. The Morgan fingerprint density at radius 1 is 1.80 bits per heavy atom. The lowest BCUT2D eigenvalue weighted by Gasteiger charge is -2.13. The van der Waals surface area contributed by atoms with Crippen molar-refractivity contribution in [1.29, 1.82) is 0 Å². The van der Waals surface area contributed by atoms with Crippen molar-refractivity contribution in [3.05, 3.63) is 0 Å². The molecule has 0 spiro atoms. The van der Waals surface area contributed by atoms with E-state index >= 15 is 0 Å². The van der Waals surface area contributed by atoms with E-state index in [0.29, 0.717) is 15.1 Å². The molecule has 10 heavy (non-hydrogen) atoms. The molecule has 4 heteroatoms. The summed E-state index contributed by atoms with van der Waals surface area (Å²) in [6.07, 6.45) is 0.469. The van der Waals surface area contributed by atoms with Crippen molar-refractivity contribution in [2.45, 2.75) is 12.5 Å². The van der Waals surface area contributed by atoms with Crippen molar-refractivity contribution in [3.63, 3.8) is 0 Å². The molecule has 0 aromatic carbocycles. The lowest BCUT2D eigenvalue weighted by atomic mass is 10.3. The second kappa shape index (κ2) is 3.31. The molecule has 1 aliphatic heterocycles. The molecule has 1 N–H and O–H groups in total. The van der Waals surface area contributed by atoms with Gasteiger partial charge in [0.05, 0.1) is 6.10 Å². The van der Waals surface area contributed by atoms with Gasteiger partial charge in [-0.05, 0) is 21.7 Å². The predicted octanol–water partition coefficient (Wildman–Crippen LogP) is 0.481. The monoisotopic (exact) mass is 161 g/mol. The molecule has 0 bridgehead atoms. The molecule has 1 aliphatic rings. The van der Waals surface area contributed by atoms with E-state index in [1.165, 1.54) is 0 Å². The zero-order chi connectivity index (χ0) is 7.56. The van der Waals surface area contributed by atoms with Crippen LogP contribution >= 0.6 is 8.58 Å². The number of amides is 1. The molecule has 1 saturated heterocycles. The van der Waals surface area contributed by atoms with Gasteiger partial charge in [0.15, 0.2) is 0 Å². The number of carbonyl (C=O) groups excluding carboxylic acids is 1. The second-order valence-corrected chi connectivity index (χ2v) is 3.37. The summed E-state index contributed by atoms with van der Waals surface area (Å²) in [4.78, 5) is 12.7. The third kappa shape index (κ3) is 1.68. The van der Waals surface area contributed by atoms with Crippen LogP contribution in [0.5, 0.6) is 0 Å².